The third-order valence-electron chi connectivity index (χ3n) is 6.38. The normalized spacial score (nSPS) is 13.0. The standard InChI is InChI=1S/C30H35N5O5S/c1-5-39-27-17-22(9-12-26(27)40-18(2)3)28(35-23-10-11-25-21(15-23)13-14-33-29(25)31)30(36)34-19(4)20-7-6-8-24(16-20)41(32,37)38/h6-19,28,35H,5H2,1-4H3,(H2,31,33)(H,34,36)(H2,32,37,38). The molecule has 0 saturated heterocycles. The molecule has 0 spiro atoms. The first-order valence-corrected chi connectivity index (χ1v) is 14.8. The molecule has 0 saturated carbocycles. The molecular formula is C30H35N5O5S. The minimum atomic E-state index is -3.90. The number of fused-ring (bicyclic) bond motifs is 1. The van der Waals surface area contributed by atoms with Crippen LogP contribution in [0, 0.1) is 0 Å². The molecule has 4 aromatic rings. The molecule has 2 unspecified atom stereocenters. The average molecular weight is 578 g/mol. The number of benzene rings is 3. The number of nitrogen functional groups attached to an aromatic ring is 1. The van der Waals surface area contributed by atoms with Gasteiger partial charge in [-0.05, 0) is 92.7 Å². The Morgan fingerprint density at radius 1 is 0.976 bits per heavy atom. The maximum absolute atomic E-state index is 13.8. The highest BCUT2D eigenvalue weighted by molar-refractivity contribution is 7.89. The van der Waals surface area contributed by atoms with Crippen molar-refractivity contribution in [2.45, 2.75) is 50.8 Å². The Morgan fingerprint density at radius 3 is 2.46 bits per heavy atom. The molecule has 0 fully saturated rings. The molecule has 2 atom stereocenters. The second kappa shape index (κ2) is 12.4. The lowest BCUT2D eigenvalue weighted by atomic mass is 10.0. The molecule has 0 bridgehead atoms. The Hall–Kier alpha value is -4.35. The molecule has 0 aliphatic rings. The summed E-state index contributed by atoms with van der Waals surface area (Å²) in [5.74, 6) is 1.17. The molecule has 216 valence electrons. The Labute approximate surface area is 240 Å². The van der Waals surface area contributed by atoms with Crippen LogP contribution in [0.1, 0.15) is 50.9 Å². The van der Waals surface area contributed by atoms with Crippen molar-refractivity contribution in [3.63, 3.8) is 0 Å². The second-order valence-electron chi connectivity index (χ2n) is 9.86. The predicted octanol–water partition coefficient (Wildman–Crippen LogP) is 4.68. The van der Waals surface area contributed by atoms with E-state index in [2.05, 4.69) is 15.6 Å². The predicted molar refractivity (Wildman–Crippen MR) is 160 cm³/mol. The lowest BCUT2D eigenvalue weighted by molar-refractivity contribution is -0.122. The quantitative estimate of drug-likeness (QED) is 0.200. The van der Waals surface area contributed by atoms with Gasteiger partial charge in [-0.2, -0.15) is 0 Å². The summed E-state index contributed by atoms with van der Waals surface area (Å²) in [6.07, 6.45) is 1.57. The van der Waals surface area contributed by atoms with Crippen molar-refractivity contribution >= 4 is 38.2 Å². The van der Waals surface area contributed by atoms with Crippen molar-refractivity contribution in [2.75, 3.05) is 17.7 Å². The van der Waals surface area contributed by atoms with Gasteiger partial charge in [-0.1, -0.05) is 18.2 Å². The van der Waals surface area contributed by atoms with Crippen molar-refractivity contribution in [3.05, 3.63) is 84.1 Å². The van der Waals surface area contributed by atoms with Gasteiger partial charge in [-0.25, -0.2) is 18.5 Å². The van der Waals surface area contributed by atoms with Crippen LogP contribution in [0.4, 0.5) is 11.5 Å². The van der Waals surface area contributed by atoms with E-state index in [0.29, 0.717) is 40.7 Å². The molecule has 0 aliphatic heterocycles. The molecular weight excluding hydrogens is 542 g/mol. The fourth-order valence-electron chi connectivity index (χ4n) is 4.42. The maximum Gasteiger partial charge on any atom is 0.247 e. The first-order valence-electron chi connectivity index (χ1n) is 13.2. The van der Waals surface area contributed by atoms with Crippen molar-refractivity contribution in [2.24, 2.45) is 5.14 Å². The molecule has 4 rings (SSSR count). The highest BCUT2D eigenvalue weighted by Crippen LogP contribution is 2.34. The summed E-state index contributed by atoms with van der Waals surface area (Å²) < 4.78 is 35.5. The van der Waals surface area contributed by atoms with E-state index in [4.69, 9.17) is 20.3 Å². The topological polar surface area (TPSA) is 159 Å². The average Bonchev–Trinajstić information content (AvgIpc) is 2.92. The summed E-state index contributed by atoms with van der Waals surface area (Å²) in [5.41, 5.74) is 7.94. The molecule has 6 N–H and O–H groups in total. The van der Waals surface area contributed by atoms with E-state index in [0.717, 1.165) is 10.8 Å². The fraction of sp³-hybridized carbons (Fsp3) is 0.267. The van der Waals surface area contributed by atoms with Crippen LogP contribution in [0.2, 0.25) is 0 Å². The van der Waals surface area contributed by atoms with Crippen LogP contribution in [-0.2, 0) is 14.8 Å². The fourth-order valence-corrected chi connectivity index (χ4v) is 4.99. The lowest BCUT2D eigenvalue weighted by Crippen LogP contribution is -2.35. The largest absolute Gasteiger partial charge is 0.490 e. The van der Waals surface area contributed by atoms with Crippen LogP contribution in [0.5, 0.6) is 11.5 Å². The number of rotatable bonds is 11. The van der Waals surface area contributed by atoms with E-state index in [1.165, 1.54) is 12.1 Å². The van der Waals surface area contributed by atoms with Crippen LogP contribution >= 0.6 is 0 Å². The molecule has 0 radical (unpaired) electrons. The third kappa shape index (κ3) is 7.24. The minimum Gasteiger partial charge on any atom is -0.490 e. The van der Waals surface area contributed by atoms with Crippen LogP contribution in [0.25, 0.3) is 10.8 Å². The number of nitrogens with zero attached hydrogens (tertiary/aromatic N) is 1. The highest BCUT2D eigenvalue weighted by Gasteiger charge is 2.25. The third-order valence-corrected chi connectivity index (χ3v) is 7.29. The number of nitrogens with one attached hydrogen (secondary N) is 2. The van der Waals surface area contributed by atoms with Gasteiger partial charge in [-0.15, -0.1) is 0 Å². The van der Waals surface area contributed by atoms with Gasteiger partial charge in [-0.3, -0.25) is 4.79 Å². The molecule has 10 nitrogen and oxygen atoms in total. The molecule has 0 aliphatic carbocycles. The minimum absolute atomic E-state index is 0.0298. The number of hydrogen-bond acceptors (Lipinski definition) is 8. The number of nitrogens with two attached hydrogens (primary N) is 2. The number of pyridine rings is 1. The van der Waals surface area contributed by atoms with Gasteiger partial charge in [0.15, 0.2) is 11.5 Å². The Kier molecular flexibility index (Phi) is 8.99. The number of ether oxygens (including phenoxy) is 2. The van der Waals surface area contributed by atoms with E-state index < -0.39 is 22.1 Å². The van der Waals surface area contributed by atoms with Crippen molar-refractivity contribution in [1.29, 1.82) is 0 Å². The van der Waals surface area contributed by atoms with Gasteiger partial charge < -0.3 is 25.8 Å². The Balaban J connectivity index is 1.71. The van der Waals surface area contributed by atoms with E-state index in [1.807, 2.05) is 51.1 Å². The number of hydrogen-bond donors (Lipinski definition) is 4. The Bertz CT molecular complexity index is 1660. The van der Waals surface area contributed by atoms with Crippen molar-refractivity contribution in [1.82, 2.24) is 10.3 Å². The van der Waals surface area contributed by atoms with Gasteiger partial charge in [0.05, 0.1) is 23.6 Å². The zero-order valence-corrected chi connectivity index (χ0v) is 24.2. The molecule has 1 heterocycles. The summed E-state index contributed by atoms with van der Waals surface area (Å²) in [6, 6.07) is 17.6. The zero-order chi connectivity index (χ0) is 29.7. The van der Waals surface area contributed by atoms with Gasteiger partial charge in [0.2, 0.25) is 15.9 Å². The van der Waals surface area contributed by atoms with E-state index in [-0.39, 0.29) is 16.9 Å². The van der Waals surface area contributed by atoms with Gasteiger partial charge in [0, 0.05) is 17.3 Å². The smallest absolute Gasteiger partial charge is 0.247 e. The highest BCUT2D eigenvalue weighted by atomic mass is 32.2. The summed E-state index contributed by atoms with van der Waals surface area (Å²) in [7, 11) is -3.90. The summed E-state index contributed by atoms with van der Waals surface area (Å²) in [6.45, 7) is 7.92. The molecule has 1 aromatic heterocycles. The Morgan fingerprint density at radius 2 is 1.76 bits per heavy atom. The van der Waals surface area contributed by atoms with E-state index in [9.17, 15) is 13.2 Å². The molecule has 3 aromatic carbocycles. The number of carbonyl (C=O) groups is 1. The first-order chi connectivity index (χ1) is 19.5. The summed E-state index contributed by atoms with van der Waals surface area (Å²) in [5, 5.41) is 13.3. The van der Waals surface area contributed by atoms with Crippen LogP contribution in [-0.4, -0.2) is 32.0 Å². The lowest BCUT2D eigenvalue weighted by Gasteiger charge is -2.24. The van der Waals surface area contributed by atoms with Gasteiger partial charge >= 0.3 is 0 Å². The number of aromatic nitrogens is 1. The maximum atomic E-state index is 13.8. The van der Waals surface area contributed by atoms with Crippen molar-refractivity contribution in [3.8, 4) is 11.5 Å². The summed E-state index contributed by atoms with van der Waals surface area (Å²) >= 11 is 0. The SMILES string of the molecule is CCOc1cc(C(Nc2ccc3c(N)nccc3c2)C(=O)NC(C)c2cccc(S(N)(=O)=O)c2)ccc1OC(C)C. The van der Waals surface area contributed by atoms with Crippen LogP contribution in [0.3, 0.4) is 0 Å². The van der Waals surface area contributed by atoms with Crippen molar-refractivity contribution < 1.29 is 22.7 Å². The number of amides is 1. The summed E-state index contributed by atoms with van der Waals surface area (Å²) in [4.78, 5) is 17.9. The van der Waals surface area contributed by atoms with Gasteiger partial charge in [0.25, 0.3) is 0 Å². The number of sulfonamides is 1. The first kappa shape index (κ1) is 29.6. The van der Waals surface area contributed by atoms with E-state index in [1.54, 1.807) is 37.4 Å². The van der Waals surface area contributed by atoms with Crippen LogP contribution < -0.4 is 31.0 Å². The number of anilines is 2. The van der Waals surface area contributed by atoms with E-state index >= 15 is 0 Å². The zero-order valence-electron chi connectivity index (χ0n) is 23.4. The number of carbonyl (C=O) groups excluding carboxylic acids is 1. The van der Waals surface area contributed by atoms with Gasteiger partial charge in [0.1, 0.15) is 11.9 Å². The molecule has 41 heavy (non-hydrogen) atoms. The second-order valence-corrected chi connectivity index (χ2v) is 11.4. The monoisotopic (exact) mass is 577 g/mol. The number of primary sulfonamides is 1. The molecule has 11 heteroatoms. The molecule has 1 amide bonds. The van der Waals surface area contributed by atoms with Crippen LogP contribution in [0.15, 0.2) is 77.8 Å².